The predicted octanol–water partition coefficient (Wildman–Crippen LogP) is 5.07. The van der Waals surface area contributed by atoms with Crippen molar-refractivity contribution < 1.29 is 19.1 Å². The highest BCUT2D eigenvalue weighted by Gasteiger charge is 2.34. The van der Waals surface area contributed by atoms with Gasteiger partial charge in [0.1, 0.15) is 11.5 Å². The Hall–Kier alpha value is -5.25. The van der Waals surface area contributed by atoms with E-state index < -0.39 is 0 Å². The normalized spacial score (nSPS) is 12.8. The van der Waals surface area contributed by atoms with Gasteiger partial charge in [-0.05, 0) is 43.2 Å². The summed E-state index contributed by atoms with van der Waals surface area (Å²) in [6.45, 7) is 0.919. The summed E-state index contributed by atoms with van der Waals surface area (Å²) < 4.78 is 11.1. The molecule has 3 aromatic carbocycles. The van der Waals surface area contributed by atoms with Gasteiger partial charge < -0.3 is 25.1 Å². The number of hydrogen-bond donors (Lipinski definition) is 2. The van der Waals surface area contributed by atoms with E-state index in [0.717, 1.165) is 16.9 Å². The molecule has 1 aromatic heterocycles. The third-order valence-corrected chi connectivity index (χ3v) is 7.13. The first-order valence-corrected chi connectivity index (χ1v) is 13.6. The Morgan fingerprint density at radius 2 is 1.62 bits per heavy atom. The number of anilines is 2. The van der Waals surface area contributed by atoms with Gasteiger partial charge in [-0.15, -0.1) is 0 Å². The van der Waals surface area contributed by atoms with Gasteiger partial charge in [-0.3, -0.25) is 19.5 Å². The van der Waals surface area contributed by atoms with Crippen LogP contribution in [0.5, 0.6) is 11.5 Å². The van der Waals surface area contributed by atoms with E-state index in [1.165, 1.54) is 11.1 Å². The summed E-state index contributed by atoms with van der Waals surface area (Å²) in [6, 6.07) is 18.5. The van der Waals surface area contributed by atoms with E-state index in [1.807, 2.05) is 36.4 Å². The Morgan fingerprint density at radius 3 is 2.24 bits per heavy atom. The Morgan fingerprint density at radius 1 is 0.929 bits per heavy atom. The number of unbranched alkanes of at least 4 members (excludes halogenated alkanes) is 1. The van der Waals surface area contributed by atoms with Crippen molar-refractivity contribution in [3.8, 4) is 11.5 Å². The first-order valence-electron chi connectivity index (χ1n) is 13.6. The molecule has 0 saturated heterocycles. The van der Waals surface area contributed by atoms with E-state index in [2.05, 4.69) is 15.2 Å². The Bertz CT molecular complexity index is 1630. The molecule has 0 spiro atoms. The van der Waals surface area contributed by atoms with Crippen molar-refractivity contribution in [2.24, 2.45) is 0 Å². The molecule has 0 atom stereocenters. The summed E-state index contributed by atoms with van der Waals surface area (Å²) in [6.07, 6.45) is 5.91. The average molecular weight is 565 g/mol. The van der Waals surface area contributed by atoms with Crippen LogP contribution in [0.1, 0.15) is 39.3 Å². The number of benzene rings is 3. The molecule has 0 unspecified atom stereocenters. The van der Waals surface area contributed by atoms with Gasteiger partial charge in [0.25, 0.3) is 11.8 Å². The maximum atomic E-state index is 12.8. The molecule has 10 heteroatoms. The SMILES string of the molecule is CN/C=C(\C=N)c1cnc2ccc(N(CCCCN3C(=O)c4ccccc4C3=O)c3cc(OC)cc(OC)c3)cc2n1. The lowest BCUT2D eigenvalue weighted by atomic mass is 10.1. The molecular formula is C32H32N6O4. The number of amides is 2. The third-order valence-electron chi connectivity index (χ3n) is 7.13. The van der Waals surface area contributed by atoms with Crippen LogP contribution < -0.4 is 19.7 Å². The van der Waals surface area contributed by atoms with Gasteiger partial charge >= 0.3 is 0 Å². The largest absolute Gasteiger partial charge is 0.497 e. The minimum atomic E-state index is -0.245. The summed E-state index contributed by atoms with van der Waals surface area (Å²) in [5.41, 5.74) is 5.24. The second-order valence-electron chi connectivity index (χ2n) is 9.70. The second-order valence-corrected chi connectivity index (χ2v) is 9.70. The number of allylic oxidation sites excluding steroid dienone is 1. The van der Waals surface area contributed by atoms with Gasteiger partial charge in [0, 0.05) is 67.7 Å². The van der Waals surface area contributed by atoms with Crippen LogP contribution in [0.25, 0.3) is 16.6 Å². The summed E-state index contributed by atoms with van der Waals surface area (Å²) in [4.78, 5) is 38.4. The molecule has 0 fully saturated rings. The summed E-state index contributed by atoms with van der Waals surface area (Å²) >= 11 is 0. The van der Waals surface area contributed by atoms with Crippen LogP contribution in [-0.2, 0) is 0 Å². The highest BCUT2D eigenvalue weighted by Crippen LogP contribution is 2.34. The lowest BCUT2D eigenvalue weighted by Gasteiger charge is -2.26. The number of carbonyl (C=O) groups is 2. The predicted molar refractivity (Wildman–Crippen MR) is 163 cm³/mol. The lowest BCUT2D eigenvalue weighted by Crippen LogP contribution is -2.31. The first-order chi connectivity index (χ1) is 20.5. The fraction of sp³-hybridized carbons (Fsp3) is 0.219. The topological polar surface area (TPSA) is 121 Å². The number of fused-ring (bicyclic) bond motifs is 2. The van der Waals surface area contributed by atoms with E-state index in [0.29, 0.717) is 65.3 Å². The number of rotatable bonds is 12. The summed E-state index contributed by atoms with van der Waals surface area (Å²) in [7, 11) is 4.99. The lowest BCUT2D eigenvalue weighted by molar-refractivity contribution is 0.0652. The van der Waals surface area contributed by atoms with Crippen LogP contribution in [0.15, 0.2) is 73.1 Å². The highest BCUT2D eigenvalue weighted by molar-refractivity contribution is 6.21. The minimum Gasteiger partial charge on any atom is -0.497 e. The molecule has 0 radical (unpaired) electrons. The second kappa shape index (κ2) is 12.5. The van der Waals surface area contributed by atoms with E-state index >= 15 is 0 Å². The number of carbonyl (C=O) groups excluding carboxylic acids is 2. The molecule has 2 N–H and O–H groups in total. The van der Waals surface area contributed by atoms with Crippen molar-refractivity contribution in [2.75, 3.05) is 39.3 Å². The number of nitrogens with zero attached hydrogens (tertiary/aromatic N) is 4. The Labute approximate surface area is 244 Å². The molecule has 0 saturated carbocycles. The zero-order chi connectivity index (χ0) is 29.6. The number of methoxy groups -OCH3 is 2. The van der Waals surface area contributed by atoms with Crippen molar-refractivity contribution >= 4 is 46.0 Å². The molecular weight excluding hydrogens is 532 g/mol. The maximum Gasteiger partial charge on any atom is 0.261 e. The molecule has 0 aliphatic carbocycles. The summed E-state index contributed by atoms with van der Waals surface area (Å²) in [5, 5.41) is 10.7. The molecule has 0 bridgehead atoms. The molecule has 4 aromatic rings. The van der Waals surface area contributed by atoms with Crippen molar-refractivity contribution in [3.05, 3.63) is 89.9 Å². The van der Waals surface area contributed by atoms with E-state index in [9.17, 15) is 9.59 Å². The number of ether oxygens (including phenoxy) is 2. The molecule has 10 nitrogen and oxygen atoms in total. The Kier molecular flexibility index (Phi) is 8.42. The quantitative estimate of drug-likeness (QED) is 0.139. The van der Waals surface area contributed by atoms with Crippen LogP contribution in [0.4, 0.5) is 11.4 Å². The number of hydrogen-bond acceptors (Lipinski definition) is 9. The molecule has 2 amide bonds. The minimum absolute atomic E-state index is 0.245. The van der Waals surface area contributed by atoms with Crippen molar-refractivity contribution in [1.82, 2.24) is 20.2 Å². The van der Waals surface area contributed by atoms with Crippen LogP contribution in [0, 0.1) is 5.41 Å². The van der Waals surface area contributed by atoms with Gasteiger partial charge in [0.05, 0.1) is 48.3 Å². The standard InChI is InChI=1S/C32H32N6O4/c1-34-19-21(18-33)30-20-35-28-11-10-22(16-29(28)36-30)37(23-14-24(41-2)17-25(15-23)42-3)12-6-7-13-38-31(39)26-8-4-5-9-27(26)32(38)40/h4-5,8-11,14-20,33-34H,6-7,12-13H2,1-3H3/b21-19+,33-18?. The van der Waals surface area contributed by atoms with Crippen molar-refractivity contribution in [2.45, 2.75) is 12.8 Å². The third kappa shape index (κ3) is 5.64. The molecule has 42 heavy (non-hydrogen) atoms. The van der Waals surface area contributed by atoms with E-state index in [-0.39, 0.29) is 11.8 Å². The number of imide groups is 1. The van der Waals surface area contributed by atoms with Crippen LogP contribution >= 0.6 is 0 Å². The molecule has 214 valence electrons. The average Bonchev–Trinajstić information content (AvgIpc) is 3.27. The smallest absolute Gasteiger partial charge is 0.261 e. The maximum absolute atomic E-state index is 12.8. The fourth-order valence-electron chi connectivity index (χ4n) is 4.99. The zero-order valence-corrected chi connectivity index (χ0v) is 23.8. The Balaban J connectivity index is 1.43. The van der Waals surface area contributed by atoms with Crippen LogP contribution in [0.2, 0.25) is 0 Å². The molecule has 1 aliphatic heterocycles. The highest BCUT2D eigenvalue weighted by atomic mass is 16.5. The first kappa shape index (κ1) is 28.3. The summed E-state index contributed by atoms with van der Waals surface area (Å²) in [5.74, 6) is 0.808. The molecule has 2 heterocycles. The van der Waals surface area contributed by atoms with E-state index in [4.69, 9.17) is 19.9 Å². The van der Waals surface area contributed by atoms with Gasteiger partial charge in [-0.25, -0.2) is 4.98 Å². The van der Waals surface area contributed by atoms with Crippen molar-refractivity contribution in [3.63, 3.8) is 0 Å². The van der Waals surface area contributed by atoms with Gasteiger partial charge in [0.2, 0.25) is 0 Å². The number of aromatic nitrogens is 2. The molecule has 1 aliphatic rings. The van der Waals surface area contributed by atoms with Crippen molar-refractivity contribution in [1.29, 1.82) is 5.41 Å². The number of nitrogens with one attached hydrogen (secondary N) is 2. The van der Waals surface area contributed by atoms with Crippen LogP contribution in [-0.4, -0.2) is 67.3 Å². The van der Waals surface area contributed by atoms with E-state index in [1.54, 1.807) is 57.9 Å². The molecule has 5 rings (SSSR count). The van der Waals surface area contributed by atoms with Gasteiger partial charge in [-0.2, -0.15) is 0 Å². The van der Waals surface area contributed by atoms with Gasteiger partial charge in [-0.1, -0.05) is 12.1 Å². The van der Waals surface area contributed by atoms with Crippen LogP contribution in [0.3, 0.4) is 0 Å². The monoisotopic (exact) mass is 564 g/mol. The van der Waals surface area contributed by atoms with Gasteiger partial charge in [0.15, 0.2) is 0 Å². The zero-order valence-electron chi connectivity index (χ0n) is 23.8. The fourth-order valence-corrected chi connectivity index (χ4v) is 4.99.